The van der Waals surface area contributed by atoms with Crippen molar-refractivity contribution in [1.82, 2.24) is 0 Å². The van der Waals surface area contributed by atoms with Crippen molar-refractivity contribution in [1.29, 1.82) is 0 Å². The minimum atomic E-state index is -0.0425. The predicted octanol–water partition coefficient (Wildman–Crippen LogP) is 17.1. The van der Waals surface area contributed by atoms with E-state index in [2.05, 4.69) is 218 Å². The molecule has 0 fully saturated rings. The Hall–Kier alpha value is -5.72. The van der Waals surface area contributed by atoms with Crippen LogP contribution in [0.25, 0.3) is 54.9 Å². The summed E-state index contributed by atoms with van der Waals surface area (Å²) in [5, 5.41) is 5.68. The summed E-state index contributed by atoms with van der Waals surface area (Å²) < 4.78 is 0. The van der Waals surface area contributed by atoms with Crippen LogP contribution in [-0.4, -0.2) is 0 Å². The molecule has 8 aromatic rings. The van der Waals surface area contributed by atoms with Crippen LogP contribution in [0.15, 0.2) is 121 Å². The van der Waals surface area contributed by atoms with Crippen molar-refractivity contribution in [3.8, 4) is 33.4 Å². The first-order valence-corrected chi connectivity index (χ1v) is 23.8. The lowest BCUT2D eigenvalue weighted by molar-refractivity contribution is 0.590. The molecule has 0 radical (unpaired) electrons. The summed E-state index contributed by atoms with van der Waals surface area (Å²) in [6.07, 6.45) is 0.965. The first kappa shape index (κ1) is 41.0. The molecular weight excluding hydrogens is 769 g/mol. The Bertz CT molecular complexity index is 3330. The van der Waals surface area contributed by atoms with E-state index >= 15 is 0 Å². The van der Waals surface area contributed by atoms with Gasteiger partial charge in [-0.15, -0.1) is 0 Å². The number of aryl methyl sites for hydroxylation is 3. The third-order valence-corrected chi connectivity index (χ3v) is 16.6. The molecule has 0 atom stereocenters. The van der Waals surface area contributed by atoms with E-state index in [0.717, 1.165) is 6.42 Å². The maximum absolute atomic E-state index is 2.55. The molecule has 0 heteroatoms. The minimum absolute atomic E-state index is 0.0272. The smallest absolute Gasteiger partial charge is 0.0159 e. The Morgan fingerprint density at radius 2 is 0.875 bits per heavy atom. The second-order valence-corrected chi connectivity index (χ2v) is 23.2. The van der Waals surface area contributed by atoms with Gasteiger partial charge in [0.15, 0.2) is 0 Å². The van der Waals surface area contributed by atoms with Crippen molar-refractivity contribution in [3.63, 3.8) is 0 Å². The molecule has 8 aromatic carbocycles. The molecule has 0 saturated carbocycles. The fraction of sp³-hybridized carbons (Fsp3) is 0.312. The van der Waals surface area contributed by atoms with Crippen LogP contribution in [0.3, 0.4) is 0 Å². The summed E-state index contributed by atoms with van der Waals surface area (Å²) in [5.74, 6) is 0. The molecule has 12 rings (SSSR count). The zero-order chi connectivity index (χ0) is 45.2. The Morgan fingerprint density at radius 1 is 0.375 bits per heavy atom. The van der Waals surface area contributed by atoms with Crippen molar-refractivity contribution in [3.05, 3.63) is 199 Å². The molecule has 0 spiro atoms. The molecule has 320 valence electrons. The first-order valence-electron chi connectivity index (χ1n) is 23.8. The maximum Gasteiger partial charge on any atom is 0.0159 e. The summed E-state index contributed by atoms with van der Waals surface area (Å²) in [6.45, 7) is 32.8. The van der Waals surface area contributed by atoms with Gasteiger partial charge in [0.05, 0.1) is 0 Å². The Morgan fingerprint density at radius 3 is 1.55 bits per heavy atom. The number of benzene rings is 8. The van der Waals surface area contributed by atoms with Crippen LogP contribution in [0.2, 0.25) is 0 Å². The van der Waals surface area contributed by atoms with Gasteiger partial charge in [0.1, 0.15) is 0 Å². The van der Waals surface area contributed by atoms with Crippen LogP contribution >= 0.6 is 0 Å². The zero-order valence-electron chi connectivity index (χ0n) is 40.8. The molecule has 4 aliphatic rings. The van der Waals surface area contributed by atoms with E-state index in [0.29, 0.717) is 0 Å². The van der Waals surface area contributed by atoms with Gasteiger partial charge in [-0.05, 0) is 172 Å². The molecule has 0 amide bonds. The monoisotopic (exact) mass is 833 g/mol. The van der Waals surface area contributed by atoms with Crippen LogP contribution in [0, 0.1) is 20.8 Å². The lowest BCUT2D eigenvalue weighted by Gasteiger charge is -2.35. The number of hydrogen-bond donors (Lipinski definition) is 0. The van der Waals surface area contributed by atoms with E-state index in [4.69, 9.17) is 0 Å². The average molecular weight is 833 g/mol. The van der Waals surface area contributed by atoms with Crippen LogP contribution in [-0.2, 0) is 33.5 Å². The summed E-state index contributed by atoms with van der Waals surface area (Å²) in [4.78, 5) is 0. The summed E-state index contributed by atoms with van der Waals surface area (Å²) >= 11 is 0. The normalized spacial score (nSPS) is 16.8. The molecule has 0 bridgehead atoms. The Labute approximate surface area is 382 Å². The van der Waals surface area contributed by atoms with Gasteiger partial charge in [-0.3, -0.25) is 0 Å². The largest absolute Gasteiger partial charge is 0.0616 e. The van der Waals surface area contributed by atoms with Crippen LogP contribution < -0.4 is 0 Å². The molecule has 0 aromatic heterocycles. The maximum atomic E-state index is 2.55. The lowest BCUT2D eigenvalue weighted by atomic mass is 9.68. The van der Waals surface area contributed by atoms with Gasteiger partial charge in [-0.25, -0.2) is 0 Å². The number of rotatable bonds is 2. The molecule has 64 heavy (non-hydrogen) atoms. The van der Waals surface area contributed by atoms with Crippen LogP contribution in [0.5, 0.6) is 0 Å². The third kappa shape index (κ3) is 5.53. The highest BCUT2D eigenvalue weighted by atomic mass is 14.5. The summed E-state index contributed by atoms with van der Waals surface area (Å²) in [6, 6.07) is 47.1. The number of hydrogen-bond acceptors (Lipinski definition) is 0. The average Bonchev–Trinajstić information content (AvgIpc) is 3.71. The highest BCUT2D eigenvalue weighted by molar-refractivity contribution is 6.09. The molecule has 0 heterocycles. The minimum Gasteiger partial charge on any atom is -0.0616 e. The van der Waals surface area contributed by atoms with Crippen LogP contribution in [0.1, 0.15) is 154 Å². The molecule has 0 saturated heterocycles. The highest BCUT2D eigenvalue weighted by Gasteiger charge is 2.46. The first-order chi connectivity index (χ1) is 30.1. The van der Waals surface area contributed by atoms with Crippen molar-refractivity contribution in [2.24, 2.45) is 0 Å². The summed E-state index contributed by atoms with van der Waals surface area (Å²) in [7, 11) is 0. The van der Waals surface area contributed by atoms with Gasteiger partial charge in [0.2, 0.25) is 0 Å². The van der Waals surface area contributed by atoms with Crippen molar-refractivity contribution in [2.75, 3.05) is 0 Å². The number of fused-ring (bicyclic) bond motifs is 8. The van der Waals surface area contributed by atoms with Gasteiger partial charge >= 0.3 is 0 Å². The van der Waals surface area contributed by atoms with Gasteiger partial charge in [0, 0.05) is 21.7 Å². The van der Waals surface area contributed by atoms with Crippen LogP contribution in [0.4, 0.5) is 0 Å². The van der Waals surface area contributed by atoms with E-state index in [1.165, 1.54) is 133 Å². The van der Waals surface area contributed by atoms with Gasteiger partial charge in [-0.1, -0.05) is 191 Å². The highest BCUT2D eigenvalue weighted by Crippen LogP contribution is 2.61. The predicted molar refractivity (Wildman–Crippen MR) is 275 cm³/mol. The zero-order valence-corrected chi connectivity index (χ0v) is 40.8. The second-order valence-electron chi connectivity index (χ2n) is 23.2. The van der Waals surface area contributed by atoms with Crippen molar-refractivity contribution in [2.45, 2.75) is 130 Å². The Kier molecular flexibility index (Phi) is 8.45. The molecule has 0 N–H and O–H groups in total. The molecule has 0 nitrogen and oxygen atoms in total. The quantitative estimate of drug-likeness (QED) is 0.163. The molecule has 4 aliphatic carbocycles. The van der Waals surface area contributed by atoms with Gasteiger partial charge < -0.3 is 0 Å². The van der Waals surface area contributed by atoms with E-state index in [1.807, 2.05) is 0 Å². The standard InChI is InChI=1S/C40H40.C24H24/c1-24-19-36-37(30-12-10-9-11-28(24)30)32-23-34-31(22-35(32)40(36,7)8)29-18-15-26(21-33(29)39(34,5)6)20-25-13-16-27(17-14-25)38(2,3)4;1-13-10-17-21-18(11-13)24(5,6)19-12-14(2)15-8-7-9-16(23(17,3)4)20(15)22(19)21/h9-19,21-23H,20H2,1-8H3;7-12H,1-6H3. The lowest BCUT2D eigenvalue weighted by Crippen LogP contribution is -2.24. The topological polar surface area (TPSA) is 0 Å². The molecular formula is C64H64. The fourth-order valence-corrected chi connectivity index (χ4v) is 12.8. The van der Waals surface area contributed by atoms with Crippen molar-refractivity contribution < 1.29 is 0 Å². The van der Waals surface area contributed by atoms with E-state index in [9.17, 15) is 0 Å². The SMILES string of the molecule is Cc1cc2c(c3ccccc13)-c1cc3c(cc1C2(C)C)-c1ccc(Cc2ccc(C(C)(C)C)cc2)cc1C3(C)C.Cc1cc2c3c(c1)C(C)(C)c1cccc4c(C)cc(c-3c14)C2(C)C. The van der Waals surface area contributed by atoms with E-state index in [1.54, 1.807) is 0 Å². The van der Waals surface area contributed by atoms with E-state index in [-0.39, 0.29) is 27.1 Å². The fourth-order valence-electron chi connectivity index (χ4n) is 12.8. The van der Waals surface area contributed by atoms with Gasteiger partial charge in [-0.2, -0.15) is 0 Å². The molecule has 0 unspecified atom stereocenters. The van der Waals surface area contributed by atoms with E-state index < -0.39 is 0 Å². The molecule has 0 aliphatic heterocycles. The van der Waals surface area contributed by atoms with Gasteiger partial charge in [0.25, 0.3) is 0 Å². The second kappa shape index (κ2) is 13.2. The third-order valence-electron chi connectivity index (χ3n) is 16.6. The Balaban J connectivity index is 0.000000161. The van der Waals surface area contributed by atoms with Crippen molar-refractivity contribution >= 4 is 21.5 Å². The summed E-state index contributed by atoms with van der Waals surface area (Å²) in [5.41, 5.74) is 29.2.